The van der Waals surface area contributed by atoms with Crippen LogP contribution < -0.4 is 20.7 Å². The Labute approximate surface area is 189 Å². The molecule has 2 aromatic carbocycles. The Morgan fingerprint density at radius 2 is 1.81 bits per heavy atom. The Kier molecular flexibility index (Phi) is 6.25. The predicted octanol–water partition coefficient (Wildman–Crippen LogP) is 3.78. The van der Waals surface area contributed by atoms with Crippen LogP contribution in [0.3, 0.4) is 0 Å². The molecule has 0 radical (unpaired) electrons. The number of hydrogen-bond donors (Lipinski definition) is 3. The van der Waals surface area contributed by atoms with Gasteiger partial charge in [-0.25, -0.2) is 4.39 Å². The van der Waals surface area contributed by atoms with E-state index in [0.717, 1.165) is 24.6 Å². The van der Waals surface area contributed by atoms with Crippen molar-refractivity contribution < 1.29 is 18.7 Å². The molecule has 2 aromatic rings. The summed E-state index contributed by atoms with van der Waals surface area (Å²) in [5, 5.41) is 9.78. The zero-order valence-electron chi connectivity index (χ0n) is 16.6. The maximum absolute atomic E-state index is 13.4. The number of ether oxygens (including phenoxy) is 1. The van der Waals surface area contributed by atoms with E-state index in [4.69, 9.17) is 27.9 Å². The third-order valence-corrected chi connectivity index (χ3v) is 6.35. The number of anilines is 1. The minimum absolute atomic E-state index is 0.00163. The Balaban J connectivity index is 1.20. The molecule has 2 bridgehead atoms. The van der Waals surface area contributed by atoms with Gasteiger partial charge in [-0.05, 0) is 61.6 Å². The zero-order chi connectivity index (χ0) is 22.0. The van der Waals surface area contributed by atoms with Crippen LogP contribution in [0, 0.1) is 11.7 Å². The third kappa shape index (κ3) is 5.22. The molecule has 0 heterocycles. The van der Waals surface area contributed by atoms with Crippen LogP contribution in [-0.4, -0.2) is 36.5 Å². The molecule has 6 nitrogen and oxygen atoms in total. The molecule has 164 valence electrons. The predicted molar refractivity (Wildman–Crippen MR) is 117 cm³/mol. The lowest BCUT2D eigenvalue weighted by Gasteiger charge is -2.39. The van der Waals surface area contributed by atoms with E-state index >= 15 is 0 Å². The minimum Gasteiger partial charge on any atom is -0.484 e. The highest BCUT2D eigenvalue weighted by molar-refractivity contribution is 6.31. The fraction of sp³-hybridized carbons (Fsp3) is 0.364. The second kappa shape index (κ2) is 8.93. The zero-order valence-corrected chi connectivity index (χ0v) is 18.1. The van der Waals surface area contributed by atoms with E-state index in [2.05, 4.69) is 16.0 Å². The third-order valence-electron chi connectivity index (χ3n) is 5.79. The Morgan fingerprint density at radius 1 is 1.06 bits per heavy atom. The van der Waals surface area contributed by atoms with Gasteiger partial charge in [0.05, 0.1) is 11.6 Å². The Morgan fingerprint density at radius 3 is 2.52 bits per heavy atom. The molecular weight excluding hydrogens is 444 g/mol. The Bertz CT molecular complexity index is 980. The summed E-state index contributed by atoms with van der Waals surface area (Å²) in [5.41, 5.74) is 0.558. The smallest absolute Gasteiger partial charge is 0.258 e. The molecule has 0 aromatic heterocycles. The SMILES string of the molecule is O=C(COc1ccc(Cl)c(F)c1)NC1CC2(NC(=O)CNc3ccc(Cl)cc3)CC1C2. The summed E-state index contributed by atoms with van der Waals surface area (Å²) < 4.78 is 18.8. The Hall–Kier alpha value is -2.51. The van der Waals surface area contributed by atoms with Gasteiger partial charge in [0.15, 0.2) is 6.61 Å². The number of fused-ring (bicyclic) bond motifs is 1. The van der Waals surface area contributed by atoms with Crippen LogP contribution in [0.1, 0.15) is 19.3 Å². The van der Waals surface area contributed by atoms with Gasteiger partial charge in [-0.1, -0.05) is 23.2 Å². The van der Waals surface area contributed by atoms with Gasteiger partial charge in [0, 0.05) is 28.4 Å². The van der Waals surface area contributed by atoms with Crippen molar-refractivity contribution in [3.05, 3.63) is 58.3 Å². The van der Waals surface area contributed by atoms with Crippen LogP contribution >= 0.6 is 23.2 Å². The molecule has 3 fully saturated rings. The molecule has 1 unspecified atom stereocenters. The molecule has 31 heavy (non-hydrogen) atoms. The average molecular weight is 466 g/mol. The summed E-state index contributed by atoms with van der Waals surface area (Å²) in [7, 11) is 0. The van der Waals surface area contributed by atoms with E-state index in [9.17, 15) is 14.0 Å². The number of amides is 2. The molecule has 3 saturated carbocycles. The van der Waals surface area contributed by atoms with Gasteiger partial charge < -0.3 is 20.7 Å². The van der Waals surface area contributed by atoms with Crippen molar-refractivity contribution in [2.45, 2.75) is 30.8 Å². The van der Waals surface area contributed by atoms with Gasteiger partial charge in [0.25, 0.3) is 5.91 Å². The van der Waals surface area contributed by atoms with Gasteiger partial charge in [-0.2, -0.15) is 0 Å². The van der Waals surface area contributed by atoms with Crippen molar-refractivity contribution in [3.63, 3.8) is 0 Å². The van der Waals surface area contributed by atoms with Crippen LogP contribution in [0.2, 0.25) is 10.0 Å². The van der Waals surface area contributed by atoms with Gasteiger partial charge in [0.1, 0.15) is 11.6 Å². The van der Waals surface area contributed by atoms with Gasteiger partial charge >= 0.3 is 0 Å². The lowest BCUT2D eigenvalue weighted by atomic mass is 9.76. The first kappa shape index (κ1) is 21.7. The number of rotatable bonds is 8. The van der Waals surface area contributed by atoms with Crippen LogP contribution in [0.5, 0.6) is 5.75 Å². The first-order valence-corrected chi connectivity index (χ1v) is 10.8. The van der Waals surface area contributed by atoms with Gasteiger partial charge in [0.2, 0.25) is 5.91 Å². The summed E-state index contributed by atoms with van der Waals surface area (Å²) in [6.07, 6.45) is 2.37. The monoisotopic (exact) mass is 465 g/mol. The molecule has 0 saturated heterocycles. The van der Waals surface area contributed by atoms with Crippen LogP contribution in [0.4, 0.5) is 10.1 Å². The van der Waals surface area contributed by atoms with E-state index in [1.807, 2.05) is 12.1 Å². The molecule has 9 heteroatoms. The standard InChI is InChI=1S/C22H22Cl2FN3O3/c23-14-1-3-15(4-2-14)26-11-20(29)28-22-8-13(9-22)19(10-22)27-21(30)12-31-16-5-6-17(24)18(25)7-16/h1-7,13,19,26H,8-12H2,(H,27,30)(H,28,29). The van der Waals surface area contributed by atoms with E-state index < -0.39 is 5.82 Å². The number of halogens is 3. The maximum Gasteiger partial charge on any atom is 0.258 e. The second-order valence-corrected chi connectivity index (χ2v) is 8.94. The highest BCUT2D eigenvalue weighted by Gasteiger charge is 2.57. The van der Waals surface area contributed by atoms with Crippen LogP contribution in [0.25, 0.3) is 0 Å². The number of hydrogen-bond acceptors (Lipinski definition) is 4. The minimum atomic E-state index is -0.598. The lowest BCUT2D eigenvalue weighted by molar-refractivity contribution is -0.124. The molecule has 5 rings (SSSR count). The first-order valence-electron chi connectivity index (χ1n) is 10.00. The number of carbonyl (C=O) groups excluding carboxylic acids is 2. The molecule has 1 atom stereocenters. The van der Waals surface area contributed by atoms with Crippen molar-refractivity contribution >= 4 is 40.7 Å². The van der Waals surface area contributed by atoms with E-state index in [-0.39, 0.29) is 47.3 Å². The van der Waals surface area contributed by atoms with Crippen molar-refractivity contribution in [1.82, 2.24) is 10.6 Å². The van der Waals surface area contributed by atoms with Crippen LogP contribution in [0.15, 0.2) is 42.5 Å². The van der Waals surface area contributed by atoms with Crippen molar-refractivity contribution in [2.24, 2.45) is 5.92 Å². The fourth-order valence-electron chi connectivity index (χ4n) is 4.36. The molecule has 0 aliphatic heterocycles. The summed E-state index contributed by atoms with van der Waals surface area (Å²) in [5.74, 6) is -0.391. The molecular formula is C22H22Cl2FN3O3. The van der Waals surface area contributed by atoms with Crippen molar-refractivity contribution in [1.29, 1.82) is 0 Å². The topological polar surface area (TPSA) is 79.5 Å². The second-order valence-electron chi connectivity index (χ2n) is 8.10. The highest BCUT2D eigenvalue weighted by atomic mass is 35.5. The molecule has 0 spiro atoms. The lowest BCUT2D eigenvalue weighted by Crippen LogP contribution is -2.53. The van der Waals surface area contributed by atoms with Gasteiger partial charge in [-0.15, -0.1) is 0 Å². The molecule has 3 aliphatic carbocycles. The molecule has 2 amide bonds. The van der Waals surface area contributed by atoms with Crippen molar-refractivity contribution in [3.8, 4) is 5.75 Å². The molecule has 3 aliphatic rings. The average Bonchev–Trinajstić information content (AvgIpc) is 3.22. The van der Waals surface area contributed by atoms with E-state index in [0.29, 0.717) is 17.4 Å². The largest absolute Gasteiger partial charge is 0.484 e. The summed E-state index contributed by atoms with van der Waals surface area (Å²) in [6.45, 7) is -0.0504. The van der Waals surface area contributed by atoms with Crippen molar-refractivity contribution in [2.75, 3.05) is 18.5 Å². The number of nitrogens with one attached hydrogen (secondary N) is 3. The summed E-state index contributed by atoms with van der Waals surface area (Å²) >= 11 is 11.5. The van der Waals surface area contributed by atoms with E-state index in [1.165, 1.54) is 12.1 Å². The van der Waals surface area contributed by atoms with E-state index in [1.54, 1.807) is 12.1 Å². The highest BCUT2D eigenvalue weighted by Crippen LogP contribution is 2.51. The fourth-order valence-corrected chi connectivity index (χ4v) is 4.60. The first-order chi connectivity index (χ1) is 14.8. The molecule has 3 N–H and O–H groups in total. The normalized spacial score (nSPS) is 23.6. The summed E-state index contributed by atoms with van der Waals surface area (Å²) in [4.78, 5) is 24.6. The maximum atomic E-state index is 13.4. The number of carbonyl (C=O) groups is 2. The summed E-state index contributed by atoms with van der Waals surface area (Å²) in [6, 6.07) is 11.2. The van der Waals surface area contributed by atoms with Crippen LogP contribution in [-0.2, 0) is 9.59 Å². The van der Waals surface area contributed by atoms with Gasteiger partial charge in [-0.3, -0.25) is 9.59 Å². The number of benzene rings is 2. The quantitative estimate of drug-likeness (QED) is 0.554.